The molecule has 3 amide bonds. The third-order valence-corrected chi connectivity index (χ3v) is 2.65. The number of piperidine rings is 1. The SMILES string of the molecule is CC(C)(C)NC(=O)NC(=O)CN1CCCC(N)C1. The molecule has 0 radical (unpaired) electrons. The van der Waals surface area contributed by atoms with E-state index >= 15 is 0 Å². The Labute approximate surface area is 108 Å². The number of likely N-dealkylation sites (tertiary alicyclic amines) is 1. The molecule has 1 heterocycles. The number of nitrogens with two attached hydrogens (primary N) is 1. The van der Waals surface area contributed by atoms with Crippen LogP contribution in [0.25, 0.3) is 0 Å². The molecule has 1 atom stereocenters. The molecule has 0 bridgehead atoms. The Morgan fingerprint density at radius 2 is 2.06 bits per heavy atom. The van der Waals surface area contributed by atoms with Gasteiger partial charge in [0.1, 0.15) is 0 Å². The average molecular weight is 256 g/mol. The number of hydrogen-bond donors (Lipinski definition) is 3. The van der Waals surface area contributed by atoms with Gasteiger partial charge >= 0.3 is 6.03 Å². The second-order valence-electron chi connectivity index (χ2n) is 5.89. The Morgan fingerprint density at radius 1 is 1.39 bits per heavy atom. The second-order valence-corrected chi connectivity index (χ2v) is 5.89. The molecule has 0 saturated carbocycles. The molecular formula is C12H24N4O2. The standard InChI is InChI=1S/C12H24N4O2/c1-12(2,3)15-11(18)14-10(17)8-16-6-4-5-9(13)7-16/h9H,4-8,13H2,1-3H3,(H2,14,15,17,18). The monoisotopic (exact) mass is 256 g/mol. The number of hydrogen-bond acceptors (Lipinski definition) is 4. The fourth-order valence-electron chi connectivity index (χ4n) is 1.98. The summed E-state index contributed by atoms with van der Waals surface area (Å²) in [5.74, 6) is -0.286. The van der Waals surface area contributed by atoms with Gasteiger partial charge in [-0.15, -0.1) is 0 Å². The molecule has 6 heteroatoms. The molecule has 1 fully saturated rings. The quantitative estimate of drug-likeness (QED) is 0.650. The van der Waals surface area contributed by atoms with Crippen LogP contribution in [-0.2, 0) is 4.79 Å². The predicted molar refractivity (Wildman–Crippen MR) is 70.1 cm³/mol. The maximum absolute atomic E-state index is 11.7. The first-order valence-electron chi connectivity index (χ1n) is 6.36. The third-order valence-electron chi connectivity index (χ3n) is 2.65. The van der Waals surface area contributed by atoms with E-state index in [2.05, 4.69) is 10.6 Å². The highest BCUT2D eigenvalue weighted by Gasteiger charge is 2.20. The van der Waals surface area contributed by atoms with E-state index in [1.165, 1.54) is 0 Å². The van der Waals surface area contributed by atoms with Gasteiger partial charge in [-0.25, -0.2) is 4.79 Å². The van der Waals surface area contributed by atoms with Gasteiger partial charge in [0.05, 0.1) is 6.54 Å². The summed E-state index contributed by atoms with van der Waals surface area (Å²) in [5.41, 5.74) is 5.48. The van der Waals surface area contributed by atoms with Gasteiger partial charge in [-0.2, -0.15) is 0 Å². The lowest BCUT2D eigenvalue weighted by atomic mass is 10.1. The van der Waals surface area contributed by atoms with Gasteiger partial charge in [0.2, 0.25) is 5.91 Å². The summed E-state index contributed by atoms with van der Waals surface area (Å²) in [4.78, 5) is 25.1. The largest absolute Gasteiger partial charge is 0.333 e. The van der Waals surface area contributed by atoms with E-state index in [-0.39, 0.29) is 24.0 Å². The van der Waals surface area contributed by atoms with E-state index in [0.717, 1.165) is 19.4 Å². The van der Waals surface area contributed by atoms with Crippen molar-refractivity contribution in [1.29, 1.82) is 0 Å². The van der Waals surface area contributed by atoms with E-state index in [9.17, 15) is 9.59 Å². The molecule has 1 aliphatic heterocycles. The maximum Gasteiger partial charge on any atom is 0.321 e. The fourth-order valence-corrected chi connectivity index (χ4v) is 1.98. The minimum Gasteiger partial charge on any atom is -0.333 e. The molecular weight excluding hydrogens is 232 g/mol. The maximum atomic E-state index is 11.7. The Kier molecular flexibility index (Phi) is 5.10. The first-order valence-corrected chi connectivity index (χ1v) is 6.36. The number of carbonyl (C=O) groups is 2. The van der Waals surface area contributed by atoms with Crippen molar-refractivity contribution in [3.05, 3.63) is 0 Å². The highest BCUT2D eigenvalue weighted by molar-refractivity contribution is 5.95. The van der Waals surface area contributed by atoms with Gasteiger partial charge < -0.3 is 11.1 Å². The Morgan fingerprint density at radius 3 is 2.61 bits per heavy atom. The molecule has 0 aromatic heterocycles. The number of nitrogens with zero attached hydrogens (tertiary/aromatic N) is 1. The van der Waals surface area contributed by atoms with Crippen LogP contribution in [0.5, 0.6) is 0 Å². The number of imide groups is 1. The van der Waals surface area contributed by atoms with Crippen LogP contribution in [0.3, 0.4) is 0 Å². The van der Waals surface area contributed by atoms with Crippen LogP contribution in [0.15, 0.2) is 0 Å². The van der Waals surface area contributed by atoms with Crippen LogP contribution >= 0.6 is 0 Å². The summed E-state index contributed by atoms with van der Waals surface area (Å²) in [6, 6.07) is -0.316. The predicted octanol–water partition coefficient (Wildman–Crippen LogP) is 0.0338. The average Bonchev–Trinajstić information content (AvgIpc) is 2.13. The van der Waals surface area contributed by atoms with E-state index in [0.29, 0.717) is 6.54 Å². The lowest BCUT2D eigenvalue weighted by Crippen LogP contribution is -2.52. The summed E-state index contributed by atoms with van der Waals surface area (Å²) in [5, 5.41) is 5.01. The van der Waals surface area contributed by atoms with Crippen LogP contribution in [0.4, 0.5) is 4.79 Å². The molecule has 0 spiro atoms. The first kappa shape index (κ1) is 14.9. The number of urea groups is 1. The van der Waals surface area contributed by atoms with Crippen molar-refractivity contribution in [2.75, 3.05) is 19.6 Å². The highest BCUT2D eigenvalue weighted by Crippen LogP contribution is 2.07. The van der Waals surface area contributed by atoms with Gasteiger partial charge in [-0.05, 0) is 40.2 Å². The van der Waals surface area contributed by atoms with Gasteiger partial charge in [-0.1, -0.05) is 0 Å². The lowest BCUT2D eigenvalue weighted by molar-refractivity contribution is -0.121. The van der Waals surface area contributed by atoms with E-state index in [4.69, 9.17) is 5.73 Å². The van der Waals surface area contributed by atoms with Crippen molar-refractivity contribution in [1.82, 2.24) is 15.5 Å². The van der Waals surface area contributed by atoms with E-state index in [1.807, 2.05) is 25.7 Å². The summed E-state index contributed by atoms with van der Waals surface area (Å²) < 4.78 is 0. The van der Waals surface area contributed by atoms with Crippen LogP contribution in [0.1, 0.15) is 33.6 Å². The van der Waals surface area contributed by atoms with Crippen LogP contribution in [0, 0.1) is 0 Å². The molecule has 104 valence electrons. The minimum atomic E-state index is -0.450. The smallest absolute Gasteiger partial charge is 0.321 e. The van der Waals surface area contributed by atoms with E-state index < -0.39 is 6.03 Å². The molecule has 0 aromatic rings. The molecule has 1 unspecified atom stereocenters. The van der Waals surface area contributed by atoms with Crippen molar-refractivity contribution >= 4 is 11.9 Å². The van der Waals surface area contributed by atoms with Crippen molar-refractivity contribution < 1.29 is 9.59 Å². The van der Waals surface area contributed by atoms with E-state index in [1.54, 1.807) is 0 Å². The Balaban J connectivity index is 2.30. The van der Waals surface area contributed by atoms with Gasteiger partial charge in [0, 0.05) is 18.1 Å². The third kappa shape index (κ3) is 5.97. The highest BCUT2D eigenvalue weighted by atomic mass is 16.2. The van der Waals surface area contributed by atoms with Crippen LogP contribution in [0.2, 0.25) is 0 Å². The second kappa shape index (κ2) is 6.15. The van der Waals surface area contributed by atoms with Crippen LogP contribution in [-0.4, -0.2) is 48.1 Å². The summed E-state index contributed by atoms with van der Waals surface area (Å²) in [6.45, 7) is 7.39. The number of nitrogens with one attached hydrogen (secondary N) is 2. The molecule has 0 aromatic carbocycles. The molecule has 4 N–H and O–H groups in total. The summed E-state index contributed by atoms with van der Waals surface area (Å²) in [7, 11) is 0. The number of carbonyl (C=O) groups excluding carboxylic acids is 2. The lowest BCUT2D eigenvalue weighted by Gasteiger charge is -2.30. The summed E-state index contributed by atoms with van der Waals surface area (Å²) >= 11 is 0. The molecule has 0 aliphatic carbocycles. The Hall–Kier alpha value is -1.14. The number of amides is 3. The number of rotatable bonds is 2. The topological polar surface area (TPSA) is 87.5 Å². The molecule has 1 saturated heterocycles. The van der Waals surface area contributed by atoms with Gasteiger partial charge in [0.25, 0.3) is 0 Å². The normalized spacial score (nSPS) is 21.4. The fraction of sp³-hybridized carbons (Fsp3) is 0.833. The zero-order valence-electron chi connectivity index (χ0n) is 11.5. The van der Waals surface area contributed by atoms with Crippen molar-refractivity contribution in [2.45, 2.75) is 45.2 Å². The van der Waals surface area contributed by atoms with Crippen molar-refractivity contribution in [3.8, 4) is 0 Å². The first-order chi connectivity index (χ1) is 8.26. The molecule has 18 heavy (non-hydrogen) atoms. The summed E-state index contributed by atoms with van der Waals surface area (Å²) in [6.07, 6.45) is 2.01. The molecule has 1 aliphatic rings. The minimum absolute atomic E-state index is 0.134. The van der Waals surface area contributed by atoms with Crippen molar-refractivity contribution in [2.24, 2.45) is 5.73 Å². The molecule has 6 nitrogen and oxygen atoms in total. The van der Waals surface area contributed by atoms with Crippen molar-refractivity contribution in [3.63, 3.8) is 0 Å². The van der Waals surface area contributed by atoms with Gasteiger partial charge in [-0.3, -0.25) is 15.0 Å². The zero-order valence-corrected chi connectivity index (χ0v) is 11.5. The molecule has 1 rings (SSSR count). The zero-order chi connectivity index (χ0) is 13.8. The van der Waals surface area contributed by atoms with Gasteiger partial charge in [0.15, 0.2) is 0 Å². The Bertz CT molecular complexity index is 312. The van der Waals surface area contributed by atoms with Crippen LogP contribution < -0.4 is 16.4 Å².